The van der Waals surface area contributed by atoms with Crippen LogP contribution in [0.3, 0.4) is 0 Å². The van der Waals surface area contributed by atoms with E-state index in [9.17, 15) is 4.79 Å². The Morgan fingerprint density at radius 1 is 1.33 bits per heavy atom. The number of carbonyl (C=O) groups excluding carboxylic acids is 1. The molecule has 1 aromatic rings. The Balaban J connectivity index is 2.11. The highest BCUT2D eigenvalue weighted by Crippen LogP contribution is 2.30. The summed E-state index contributed by atoms with van der Waals surface area (Å²) in [7, 11) is 1.46. The Morgan fingerprint density at radius 3 is 2.72 bits per heavy atom. The van der Waals surface area contributed by atoms with Crippen molar-refractivity contribution >= 4 is 17.7 Å². The molecule has 1 aliphatic carbocycles. The summed E-state index contributed by atoms with van der Waals surface area (Å²) in [6, 6.07) is 6.62. The molecule has 1 aromatic carbocycles. The summed E-state index contributed by atoms with van der Waals surface area (Å²) in [6.45, 7) is 2.02. The standard InChI is InChI=1S/C15H20O2S/c1-3-14(15(16)17-2)18-13-9-8-11-6-4-5-7-12(11)10-13/h8-10,14H,3-7H2,1-2H3. The fourth-order valence-electron chi connectivity index (χ4n) is 2.38. The minimum absolute atomic E-state index is 0.0864. The van der Waals surface area contributed by atoms with Gasteiger partial charge in [-0.15, -0.1) is 11.8 Å². The van der Waals surface area contributed by atoms with Gasteiger partial charge in [-0.1, -0.05) is 13.0 Å². The molecule has 2 nitrogen and oxygen atoms in total. The van der Waals surface area contributed by atoms with Gasteiger partial charge in [0.05, 0.1) is 7.11 Å². The molecule has 1 atom stereocenters. The van der Waals surface area contributed by atoms with Crippen LogP contribution in [0.4, 0.5) is 0 Å². The van der Waals surface area contributed by atoms with Gasteiger partial charge in [0.2, 0.25) is 0 Å². The number of methoxy groups -OCH3 is 1. The normalized spacial score (nSPS) is 15.9. The fourth-order valence-corrected chi connectivity index (χ4v) is 3.42. The van der Waals surface area contributed by atoms with E-state index in [0.717, 1.165) is 6.42 Å². The summed E-state index contributed by atoms with van der Waals surface area (Å²) >= 11 is 1.62. The highest BCUT2D eigenvalue weighted by atomic mass is 32.2. The largest absolute Gasteiger partial charge is 0.468 e. The average molecular weight is 264 g/mol. The Kier molecular flexibility index (Phi) is 4.70. The van der Waals surface area contributed by atoms with E-state index in [1.54, 1.807) is 11.8 Å². The van der Waals surface area contributed by atoms with E-state index in [4.69, 9.17) is 4.74 Å². The highest BCUT2D eigenvalue weighted by molar-refractivity contribution is 8.00. The van der Waals surface area contributed by atoms with Gasteiger partial charge in [-0.2, -0.15) is 0 Å². The van der Waals surface area contributed by atoms with Crippen LogP contribution < -0.4 is 0 Å². The molecule has 0 amide bonds. The molecule has 0 bridgehead atoms. The first-order chi connectivity index (χ1) is 8.74. The number of benzene rings is 1. The summed E-state index contributed by atoms with van der Waals surface area (Å²) in [5, 5.41) is -0.0864. The molecule has 0 aliphatic heterocycles. The van der Waals surface area contributed by atoms with Crippen molar-refractivity contribution in [1.82, 2.24) is 0 Å². The van der Waals surface area contributed by atoms with E-state index < -0.39 is 0 Å². The SMILES string of the molecule is CCC(Sc1ccc2c(c1)CCCC2)C(=O)OC. The van der Waals surface area contributed by atoms with Crippen molar-refractivity contribution in [3.63, 3.8) is 0 Å². The number of thioether (sulfide) groups is 1. The number of aryl methyl sites for hydroxylation is 2. The predicted octanol–water partition coefficient (Wildman–Crippen LogP) is 3.61. The van der Waals surface area contributed by atoms with Crippen LogP contribution in [0, 0.1) is 0 Å². The van der Waals surface area contributed by atoms with Crippen molar-refractivity contribution in [2.45, 2.75) is 49.2 Å². The van der Waals surface area contributed by atoms with E-state index in [0.29, 0.717) is 0 Å². The van der Waals surface area contributed by atoms with Crippen LogP contribution in [-0.4, -0.2) is 18.3 Å². The van der Waals surface area contributed by atoms with Gasteiger partial charge < -0.3 is 4.74 Å². The number of rotatable bonds is 4. The predicted molar refractivity (Wildman–Crippen MR) is 75.0 cm³/mol. The lowest BCUT2D eigenvalue weighted by Gasteiger charge is -2.18. The molecule has 3 heteroatoms. The average Bonchev–Trinajstić information content (AvgIpc) is 2.43. The summed E-state index contributed by atoms with van der Waals surface area (Å²) in [5.74, 6) is -0.125. The number of fused-ring (bicyclic) bond motifs is 1. The molecule has 0 spiro atoms. The van der Waals surface area contributed by atoms with Gasteiger partial charge in [0.25, 0.3) is 0 Å². The quantitative estimate of drug-likeness (QED) is 0.614. The number of hydrogen-bond acceptors (Lipinski definition) is 3. The highest BCUT2D eigenvalue weighted by Gasteiger charge is 2.19. The molecule has 1 unspecified atom stereocenters. The molecule has 98 valence electrons. The monoisotopic (exact) mass is 264 g/mol. The van der Waals surface area contributed by atoms with E-state index in [1.807, 2.05) is 6.92 Å². The van der Waals surface area contributed by atoms with Crippen molar-refractivity contribution in [3.05, 3.63) is 29.3 Å². The fraction of sp³-hybridized carbons (Fsp3) is 0.533. The molecule has 0 N–H and O–H groups in total. The zero-order valence-electron chi connectivity index (χ0n) is 11.1. The van der Waals surface area contributed by atoms with Gasteiger partial charge >= 0.3 is 5.97 Å². The maximum atomic E-state index is 11.6. The van der Waals surface area contributed by atoms with Crippen molar-refractivity contribution in [2.24, 2.45) is 0 Å². The molecule has 0 radical (unpaired) electrons. The van der Waals surface area contributed by atoms with Gasteiger partial charge in [-0.05, 0) is 55.4 Å². The first kappa shape index (κ1) is 13.5. The first-order valence-electron chi connectivity index (χ1n) is 6.61. The molecule has 0 saturated carbocycles. The number of carbonyl (C=O) groups is 1. The van der Waals surface area contributed by atoms with Crippen LogP contribution in [0.2, 0.25) is 0 Å². The molecule has 2 rings (SSSR count). The van der Waals surface area contributed by atoms with Crippen molar-refractivity contribution in [1.29, 1.82) is 0 Å². The Morgan fingerprint density at radius 2 is 2.06 bits per heavy atom. The third-order valence-electron chi connectivity index (χ3n) is 3.43. The molecular weight excluding hydrogens is 244 g/mol. The van der Waals surface area contributed by atoms with Crippen LogP contribution in [0.5, 0.6) is 0 Å². The second-order valence-corrected chi connectivity index (χ2v) is 5.95. The second kappa shape index (κ2) is 6.28. The third kappa shape index (κ3) is 3.08. The lowest BCUT2D eigenvalue weighted by molar-refractivity contribution is -0.140. The molecule has 0 aromatic heterocycles. The smallest absolute Gasteiger partial charge is 0.319 e. The van der Waals surface area contributed by atoms with Gasteiger partial charge in [0, 0.05) is 4.90 Å². The van der Waals surface area contributed by atoms with Crippen LogP contribution >= 0.6 is 11.8 Å². The molecule has 1 aliphatic rings. The van der Waals surface area contributed by atoms with Gasteiger partial charge in [-0.25, -0.2) is 0 Å². The van der Waals surface area contributed by atoms with Crippen molar-refractivity contribution in [3.8, 4) is 0 Å². The lowest BCUT2D eigenvalue weighted by Crippen LogP contribution is -2.17. The summed E-state index contributed by atoms with van der Waals surface area (Å²) in [6.07, 6.45) is 5.77. The minimum Gasteiger partial charge on any atom is -0.468 e. The van der Waals surface area contributed by atoms with Gasteiger partial charge in [0.15, 0.2) is 0 Å². The molecule has 0 heterocycles. The van der Waals surface area contributed by atoms with Crippen LogP contribution in [-0.2, 0) is 22.4 Å². The second-order valence-electron chi connectivity index (χ2n) is 4.68. The third-order valence-corrected chi connectivity index (χ3v) is 4.77. The molecule has 0 fully saturated rings. The number of esters is 1. The van der Waals surface area contributed by atoms with E-state index in [2.05, 4.69) is 18.2 Å². The topological polar surface area (TPSA) is 26.3 Å². The summed E-state index contributed by atoms with van der Waals surface area (Å²) in [5.41, 5.74) is 2.95. The maximum absolute atomic E-state index is 11.6. The van der Waals surface area contributed by atoms with Gasteiger partial charge in [-0.3, -0.25) is 4.79 Å². The zero-order chi connectivity index (χ0) is 13.0. The number of hydrogen-bond donors (Lipinski definition) is 0. The lowest BCUT2D eigenvalue weighted by atomic mass is 9.92. The van der Waals surface area contributed by atoms with Crippen LogP contribution in [0.15, 0.2) is 23.1 Å². The van der Waals surface area contributed by atoms with E-state index in [-0.39, 0.29) is 11.2 Å². The summed E-state index contributed by atoms with van der Waals surface area (Å²) in [4.78, 5) is 12.8. The molecule has 18 heavy (non-hydrogen) atoms. The Labute approximate surface area is 113 Å². The van der Waals surface area contributed by atoms with Crippen molar-refractivity contribution in [2.75, 3.05) is 7.11 Å². The van der Waals surface area contributed by atoms with Gasteiger partial charge in [0.1, 0.15) is 5.25 Å². The van der Waals surface area contributed by atoms with Crippen molar-refractivity contribution < 1.29 is 9.53 Å². The molecular formula is C15H20O2S. The summed E-state index contributed by atoms with van der Waals surface area (Å²) < 4.78 is 4.83. The zero-order valence-corrected chi connectivity index (χ0v) is 11.9. The van der Waals surface area contributed by atoms with E-state index in [1.165, 1.54) is 48.8 Å². The molecule has 0 saturated heterocycles. The first-order valence-corrected chi connectivity index (χ1v) is 7.49. The number of ether oxygens (including phenoxy) is 1. The van der Waals surface area contributed by atoms with E-state index >= 15 is 0 Å². The van der Waals surface area contributed by atoms with Crippen LogP contribution in [0.25, 0.3) is 0 Å². The minimum atomic E-state index is -0.125. The Hall–Kier alpha value is -0.960. The van der Waals surface area contributed by atoms with Crippen LogP contribution in [0.1, 0.15) is 37.3 Å². The maximum Gasteiger partial charge on any atom is 0.319 e. The Bertz CT molecular complexity index is 429.